The van der Waals surface area contributed by atoms with Crippen LogP contribution in [0.4, 0.5) is 0 Å². The van der Waals surface area contributed by atoms with Gasteiger partial charge in [-0.05, 0) is 24.6 Å². The second-order valence-electron chi connectivity index (χ2n) is 3.77. The lowest BCUT2D eigenvalue weighted by Crippen LogP contribution is -1.94. The highest BCUT2D eigenvalue weighted by Crippen LogP contribution is 2.35. The van der Waals surface area contributed by atoms with Crippen molar-refractivity contribution < 1.29 is 9.90 Å². The molecular weight excluding hydrogens is 236 g/mol. The Morgan fingerprint density at radius 2 is 1.82 bits per heavy atom. The Kier molecular flexibility index (Phi) is 3.16. The first-order valence-electron chi connectivity index (χ1n) is 5.18. The Hall–Kier alpha value is -1.80. The quantitative estimate of drug-likeness (QED) is 0.816. The van der Waals surface area contributed by atoms with Crippen molar-refractivity contribution in [2.24, 2.45) is 0 Å². The summed E-state index contributed by atoms with van der Waals surface area (Å²) >= 11 is 5.95. The average Bonchev–Trinajstić information content (AvgIpc) is 2.32. The lowest BCUT2D eigenvalue weighted by Gasteiger charge is -2.09. The number of phenolic OH excluding ortho intramolecular Hbond substituents is 1. The van der Waals surface area contributed by atoms with E-state index < -0.39 is 0 Å². The lowest BCUT2D eigenvalue weighted by molar-refractivity contribution is 0.101. The summed E-state index contributed by atoms with van der Waals surface area (Å²) in [4.78, 5) is 11.4. The molecule has 0 atom stereocenters. The van der Waals surface area contributed by atoms with Crippen molar-refractivity contribution >= 4 is 17.4 Å². The van der Waals surface area contributed by atoms with Gasteiger partial charge in [0, 0.05) is 10.6 Å². The molecule has 2 aromatic carbocycles. The van der Waals surface area contributed by atoms with E-state index in [0.29, 0.717) is 10.6 Å². The molecule has 17 heavy (non-hydrogen) atoms. The highest BCUT2D eigenvalue weighted by atomic mass is 35.5. The first-order valence-corrected chi connectivity index (χ1v) is 5.56. The van der Waals surface area contributed by atoms with E-state index in [1.165, 1.54) is 13.0 Å². The number of Topliss-reactive ketones (excluding diaryl/α,β-unsaturated/α-hetero) is 1. The molecule has 0 saturated heterocycles. The molecule has 0 amide bonds. The van der Waals surface area contributed by atoms with Gasteiger partial charge in [-0.1, -0.05) is 41.9 Å². The van der Waals surface area contributed by atoms with Gasteiger partial charge in [0.1, 0.15) is 5.75 Å². The zero-order valence-electron chi connectivity index (χ0n) is 9.27. The largest absolute Gasteiger partial charge is 0.507 e. The second kappa shape index (κ2) is 4.60. The van der Waals surface area contributed by atoms with Gasteiger partial charge in [0.2, 0.25) is 0 Å². The third-order valence-electron chi connectivity index (χ3n) is 2.54. The van der Waals surface area contributed by atoms with Crippen molar-refractivity contribution in [1.29, 1.82) is 0 Å². The molecule has 0 radical (unpaired) electrons. The highest BCUT2D eigenvalue weighted by molar-refractivity contribution is 6.31. The van der Waals surface area contributed by atoms with Crippen LogP contribution in [0.15, 0.2) is 42.5 Å². The van der Waals surface area contributed by atoms with E-state index in [4.69, 9.17) is 11.6 Å². The van der Waals surface area contributed by atoms with Crippen LogP contribution < -0.4 is 0 Å². The summed E-state index contributed by atoms with van der Waals surface area (Å²) in [7, 11) is 0. The molecule has 0 fully saturated rings. The number of benzene rings is 2. The van der Waals surface area contributed by atoms with Crippen LogP contribution in [-0.2, 0) is 0 Å². The summed E-state index contributed by atoms with van der Waals surface area (Å²) in [6, 6.07) is 12.5. The number of hydrogen-bond acceptors (Lipinski definition) is 2. The fourth-order valence-electron chi connectivity index (χ4n) is 1.71. The maximum Gasteiger partial charge on any atom is 0.163 e. The van der Waals surface area contributed by atoms with E-state index >= 15 is 0 Å². The van der Waals surface area contributed by atoms with Gasteiger partial charge in [-0.2, -0.15) is 0 Å². The van der Waals surface area contributed by atoms with Crippen LogP contribution in [0.25, 0.3) is 11.1 Å². The minimum Gasteiger partial charge on any atom is -0.507 e. The van der Waals surface area contributed by atoms with Gasteiger partial charge in [0.15, 0.2) is 5.78 Å². The molecule has 0 spiro atoms. The van der Waals surface area contributed by atoms with Crippen LogP contribution in [0.2, 0.25) is 5.02 Å². The van der Waals surface area contributed by atoms with Crippen LogP contribution in [-0.4, -0.2) is 10.9 Å². The van der Waals surface area contributed by atoms with E-state index in [0.717, 1.165) is 5.56 Å². The standard InChI is InChI=1S/C14H11ClO2/c1-9(16)12-7-11(15)8-13(14(12)17)10-5-3-2-4-6-10/h2-8,17H,1H3. The van der Waals surface area contributed by atoms with Crippen LogP contribution in [0, 0.1) is 0 Å². The summed E-state index contributed by atoms with van der Waals surface area (Å²) in [5.74, 6) is -0.227. The first-order chi connectivity index (χ1) is 8.09. The van der Waals surface area contributed by atoms with Crippen LogP contribution in [0.1, 0.15) is 17.3 Å². The van der Waals surface area contributed by atoms with Gasteiger partial charge in [-0.3, -0.25) is 4.79 Å². The summed E-state index contributed by atoms with van der Waals surface area (Å²) in [6.07, 6.45) is 0. The van der Waals surface area contributed by atoms with Gasteiger partial charge in [0.25, 0.3) is 0 Å². The molecule has 0 aliphatic heterocycles. The maximum absolute atomic E-state index is 11.4. The zero-order chi connectivity index (χ0) is 12.4. The molecule has 0 heterocycles. The molecule has 2 nitrogen and oxygen atoms in total. The molecule has 2 aromatic rings. The van der Waals surface area contributed by atoms with Crippen LogP contribution in [0.3, 0.4) is 0 Å². The number of ketones is 1. The van der Waals surface area contributed by atoms with Crippen molar-refractivity contribution in [2.75, 3.05) is 0 Å². The van der Waals surface area contributed by atoms with Crippen molar-refractivity contribution in [2.45, 2.75) is 6.92 Å². The van der Waals surface area contributed by atoms with Crippen LogP contribution in [0.5, 0.6) is 5.75 Å². The molecule has 3 heteroatoms. The number of rotatable bonds is 2. The van der Waals surface area contributed by atoms with Gasteiger partial charge in [-0.25, -0.2) is 0 Å². The van der Waals surface area contributed by atoms with E-state index in [-0.39, 0.29) is 17.1 Å². The number of phenols is 1. The number of aromatic hydroxyl groups is 1. The Morgan fingerprint density at radius 1 is 1.18 bits per heavy atom. The number of hydrogen-bond donors (Lipinski definition) is 1. The molecule has 0 unspecified atom stereocenters. The number of carbonyl (C=O) groups excluding carboxylic acids is 1. The summed E-state index contributed by atoms with van der Waals surface area (Å²) in [6.45, 7) is 1.40. The van der Waals surface area contributed by atoms with Crippen molar-refractivity contribution in [1.82, 2.24) is 0 Å². The Balaban J connectivity index is 2.67. The average molecular weight is 247 g/mol. The summed E-state index contributed by atoms with van der Waals surface area (Å²) in [5, 5.41) is 10.5. The van der Waals surface area contributed by atoms with Gasteiger partial charge >= 0.3 is 0 Å². The van der Waals surface area contributed by atoms with Gasteiger partial charge in [0.05, 0.1) is 5.56 Å². The summed E-state index contributed by atoms with van der Waals surface area (Å²) < 4.78 is 0. The van der Waals surface area contributed by atoms with Crippen LogP contribution >= 0.6 is 11.6 Å². The van der Waals surface area contributed by atoms with Crippen molar-refractivity contribution in [3.8, 4) is 16.9 Å². The smallest absolute Gasteiger partial charge is 0.163 e. The fraction of sp³-hybridized carbons (Fsp3) is 0.0714. The topological polar surface area (TPSA) is 37.3 Å². The number of halogens is 1. The van der Waals surface area contributed by atoms with E-state index in [1.54, 1.807) is 6.07 Å². The monoisotopic (exact) mass is 246 g/mol. The van der Waals surface area contributed by atoms with Crippen molar-refractivity contribution in [3.05, 3.63) is 53.1 Å². The minimum atomic E-state index is -0.206. The maximum atomic E-state index is 11.4. The SMILES string of the molecule is CC(=O)c1cc(Cl)cc(-c2ccccc2)c1O. The molecule has 86 valence electrons. The first kappa shape index (κ1) is 11.7. The molecule has 0 aliphatic rings. The fourth-order valence-corrected chi connectivity index (χ4v) is 1.92. The van der Waals surface area contributed by atoms with Gasteiger partial charge in [-0.15, -0.1) is 0 Å². The van der Waals surface area contributed by atoms with E-state index in [9.17, 15) is 9.90 Å². The normalized spacial score (nSPS) is 10.2. The Bertz CT molecular complexity index is 562. The van der Waals surface area contributed by atoms with E-state index in [2.05, 4.69) is 0 Å². The Labute approximate surface area is 104 Å². The number of carbonyl (C=O) groups is 1. The second-order valence-corrected chi connectivity index (χ2v) is 4.21. The highest BCUT2D eigenvalue weighted by Gasteiger charge is 2.13. The predicted molar refractivity (Wildman–Crippen MR) is 68.6 cm³/mol. The third kappa shape index (κ3) is 2.32. The molecule has 1 N–H and O–H groups in total. The molecule has 0 bridgehead atoms. The lowest BCUT2D eigenvalue weighted by atomic mass is 10.00. The molecular formula is C14H11ClO2. The Morgan fingerprint density at radius 3 is 2.41 bits per heavy atom. The van der Waals surface area contributed by atoms with Gasteiger partial charge < -0.3 is 5.11 Å². The molecule has 0 saturated carbocycles. The summed E-state index contributed by atoms with van der Waals surface area (Å²) in [5.41, 5.74) is 1.65. The minimum absolute atomic E-state index is 0.0203. The predicted octanol–water partition coefficient (Wildman–Crippen LogP) is 3.92. The zero-order valence-corrected chi connectivity index (χ0v) is 10.0. The third-order valence-corrected chi connectivity index (χ3v) is 2.76. The molecule has 0 aromatic heterocycles. The van der Waals surface area contributed by atoms with E-state index in [1.807, 2.05) is 30.3 Å². The van der Waals surface area contributed by atoms with Crippen molar-refractivity contribution in [3.63, 3.8) is 0 Å². The molecule has 2 rings (SSSR count). The molecule has 0 aliphatic carbocycles.